The molecule has 1 aliphatic rings. The van der Waals surface area contributed by atoms with E-state index in [0.717, 1.165) is 37.7 Å². The molecule has 114 valence electrons. The summed E-state index contributed by atoms with van der Waals surface area (Å²) in [6.07, 6.45) is 5.42. The van der Waals surface area contributed by atoms with Gasteiger partial charge in [-0.25, -0.2) is 0 Å². The van der Waals surface area contributed by atoms with Gasteiger partial charge in [-0.2, -0.15) is 0 Å². The van der Waals surface area contributed by atoms with Gasteiger partial charge in [0, 0.05) is 0 Å². The Hall–Kier alpha value is -1.64. The number of carbonyl (C=O) groups is 2. The monoisotopic (exact) mass is 288 g/mol. The van der Waals surface area contributed by atoms with Crippen molar-refractivity contribution >= 4 is 11.8 Å². The predicted octanol–water partition coefficient (Wildman–Crippen LogP) is 3.66. The predicted molar refractivity (Wildman–Crippen MR) is 82.0 cm³/mol. The molecule has 0 amide bonds. The van der Waals surface area contributed by atoms with Gasteiger partial charge >= 0.3 is 5.97 Å². The van der Waals surface area contributed by atoms with E-state index in [9.17, 15) is 9.59 Å². The first kappa shape index (κ1) is 15.7. The van der Waals surface area contributed by atoms with E-state index in [4.69, 9.17) is 4.74 Å². The Balaban J connectivity index is 2.40. The van der Waals surface area contributed by atoms with Crippen LogP contribution in [0.15, 0.2) is 30.3 Å². The second kappa shape index (κ2) is 6.88. The Labute approximate surface area is 126 Å². The molecule has 2 rings (SSSR count). The molecule has 0 radical (unpaired) electrons. The Morgan fingerprint density at radius 2 is 1.76 bits per heavy atom. The molecule has 0 bridgehead atoms. The van der Waals surface area contributed by atoms with Crippen LogP contribution in [-0.4, -0.2) is 18.9 Å². The summed E-state index contributed by atoms with van der Waals surface area (Å²) in [7, 11) is 1.36. The first-order valence-corrected chi connectivity index (χ1v) is 7.83. The van der Waals surface area contributed by atoms with E-state index in [-0.39, 0.29) is 5.78 Å². The molecule has 21 heavy (non-hydrogen) atoms. The van der Waals surface area contributed by atoms with Crippen LogP contribution in [0, 0.1) is 5.92 Å². The third-order valence-corrected chi connectivity index (χ3v) is 4.72. The van der Waals surface area contributed by atoms with Crippen molar-refractivity contribution in [2.24, 2.45) is 5.92 Å². The summed E-state index contributed by atoms with van der Waals surface area (Å²) in [5, 5.41) is 0. The summed E-state index contributed by atoms with van der Waals surface area (Å²) in [4.78, 5) is 25.1. The normalized spacial score (nSPS) is 18.8. The van der Waals surface area contributed by atoms with Crippen LogP contribution in [0.3, 0.4) is 0 Å². The SMILES string of the molecule is CCC(C(=O)OC)C(=O)C1(c2ccccc2)CCCCC1. The van der Waals surface area contributed by atoms with Gasteiger partial charge in [0.1, 0.15) is 5.92 Å². The Bertz CT molecular complexity index is 486. The summed E-state index contributed by atoms with van der Waals surface area (Å²) >= 11 is 0. The molecular weight excluding hydrogens is 264 g/mol. The lowest BCUT2D eigenvalue weighted by molar-refractivity contribution is -0.151. The standard InChI is InChI=1S/C18H24O3/c1-3-15(17(20)21-2)16(19)18(12-8-5-9-13-18)14-10-6-4-7-11-14/h4,6-7,10-11,15H,3,5,8-9,12-13H2,1-2H3. The molecule has 1 saturated carbocycles. The van der Waals surface area contributed by atoms with Crippen LogP contribution in [0.1, 0.15) is 51.0 Å². The molecule has 1 atom stereocenters. The fraction of sp³-hybridized carbons (Fsp3) is 0.556. The van der Waals surface area contributed by atoms with Crippen LogP contribution in [0.2, 0.25) is 0 Å². The highest BCUT2D eigenvalue weighted by Gasteiger charge is 2.45. The third kappa shape index (κ3) is 3.02. The quantitative estimate of drug-likeness (QED) is 0.613. The summed E-state index contributed by atoms with van der Waals surface area (Å²) < 4.78 is 4.84. The number of rotatable bonds is 5. The molecule has 0 heterocycles. The zero-order chi connectivity index (χ0) is 15.3. The molecule has 0 aromatic heterocycles. The Morgan fingerprint density at radius 3 is 2.29 bits per heavy atom. The molecule has 1 aromatic carbocycles. The first-order valence-electron chi connectivity index (χ1n) is 7.83. The van der Waals surface area contributed by atoms with Crippen LogP contribution in [0.5, 0.6) is 0 Å². The van der Waals surface area contributed by atoms with E-state index in [0.29, 0.717) is 6.42 Å². The van der Waals surface area contributed by atoms with Crippen LogP contribution in [0.25, 0.3) is 0 Å². The molecule has 3 nitrogen and oxygen atoms in total. The average Bonchev–Trinajstić information content (AvgIpc) is 2.56. The minimum atomic E-state index is -0.645. The lowest BCUT2D eigenvalue weighted by atomic mass is 9.64. The molecule has 0 N–H and O–H groups in total. The molecule has 0 aliphatic heterocycles. The molecule has 0 saturated heterocycles. The number of methoxy groups -OCH3 is 1. The van der Waals surface area contributed by atoms with Crippen molar-refractivity contribution in [3.63, 3.8) is 0 Å². The maximum absolute atomic E-state index is 13.2. The van der Waals surface area contributed by atoms with E-state index in [1.54, 1.807) is 0 Å². The molecule has 1 fully saturated rings. The third-order valence-electron chi connectivity index (χ3n) is 4.72. The van der Waals surface area contributed by atoms with Gasteiger partial charge in [0.25, 0.3) is 0 Å². The van der Waals surface area contributed by atoms with E-state index < -0.39 is 17.3 Å². The fourth-order valence-corrected chi connectivity index (χ4v) is 3.52. The lowest BCUT2D eigenvalue weighted by Crippen LogP contribution is -2.44. The van der Waals surface area contributed by atoms with Gasteiger partial charge in [-0.1, -0.05) is 56.5 Å². The maximum Gasteiger partial charge on any atom is 0.316 e. The zero-order valence-electron chi connectivity index (χ0n) is 12.9. The molecular formula is C18H24O3. The van der Waals surface area contributed by atoms with Crippen LogP contribution < -0.4 is 0 Å². The van der Waals surface area contributed by atoms with Crippen molar-refractivity contribution in [3.8, 4) is 0 Å². The summed E-state index contributed by atoms with van der Waals surface area (Å²) in [6, 6.07) is 9.94. The minimum absolute atomic E-state index is 0.0442. The van der Waals surface area contributed by atoms with E-state index in [1.807, 2.05) is 37.3 Å². The van der Waals surface area contributed by atoms with Gasteiger partial charge in [-0.15, -0.1) is 0 Å². The van der Waals surface area contributed by atoms with Crippen molar-refractivity contribution in [2.45, 2.75) is 50.9 Å². The van der Waals surface area contributed by atoms with Crippen LogP contribution in [0.4, 0.5) is 0 Å². The van der Waals surface area contributed by atoms with Gasteiger partial charge in [-0.3, -0.25) is 9.59 Å². The summed E-state index contributed by atoms with van der Waals surface area (Å²) in [6.45, 7) is 1.88. The summed E-state index contributed by atoms with van der Waals surface area (Å²) in [5.74, 6) is -1.00. The van der Waals surface area contributed by atoms with Crippen molar-refractivity contribution in [3.05, 3.63) is 35.9 Å². The second-order valence-electron chi connectivity index (χ2n) is 5.86. The van der Waals surface area contributed by atoms with E-state index in [2.05, 4.69) is 0 Å². The number of esters is 1. The van der Waals surface area contributed by atoms with Crippen molar-refractivity contribution in [2.75, 3.05) is 7.11 Å². The Morgan fingerprint density at radius 1 is 1.14 bits per heavy atom. The zero-order valence-corrected chi connectivity index (χ0v) is 12.9. The number of benzene rings is 1. The fourth-order valence-electron chi connectivity index (χ4n) is 3.52. The van der Waals surface area contributed by atoms with Crippen LogP contribution >= 0.6 is 0 Å². The topological polar surface area (TPSA) is 43.4 Å². The maximum atomic E-state index is 13.2. The van der Waals surface area contributed by atoms with Gasteiger partial charge in [0.15, 0.2) is 5.78 Å². The highest BCUT2D eigenvalue weighted by Crippen LogP contribution is 2.42. The largest absolute Gasteiger partial charge is 0.468 e. The summed E-state index contributed by atoms with van der Waals surface area (Å²) in [5.41, 5.74) is 0.547. The van der Waals surface area contributed by atoms with Gasteiger partial charge < -0.3 is 4.74 Å². The lowest BCUT2D eigenvalue weighted by Gasteiger charge is -2.38. The van der Waals surface area contributed by atoms with Gasteiger partial charge in [0.05, 0.1) is 12.5 Å². The molecule has 0 spiro atoms. The smallest absolute Gasteiger partial charge is 0.316 e. The Kier molecular flexibility index (Phi) is 5.16. The number of Topliss-reactive ketones (excluding diaryl/α,β-unsaturated/α-hetero) is 1. The van der Waals surface area contributed by atoms with E-state index in [1.165, 1.54) is 7.11 Å². The van der Waals surface area contributed by atoms with E-state index >= 15 is 0 Å². The van der Waals surface area contributed by atoms with Gasteiger partial charge in [-0.05, 0) is 24.8 Å². The number of hydrogen-bond donors (Lipinski definition) is 0. The molecule has 1 aromatic rings. The van der Waals surface area contributed by atoms with Crippen molar-refractivity contribution in [1.29, 1.82) is 0 Å². The number of ketones is 1. The number of ether oxygens (including phenoxy) is 1. The van der Waals surface area contributed by atoms with Crippen molar-refractivity contribution < 1.29 is 14.3 Å². The molecule has 3 heteroatoms. The molecule has 1 unspecified atom stereocenters. The highest BCUT2D eigenvalue weighted by atomic mass is 16.5. The molecule has 1 aliphatic carbocycles. The first-order chi connectivity index (χ1) is 10.2. The van der Waals surface area contributed by atoms with Crippen molar-refractivity contribution in [1.82, 2.24) is 0 Å². The average molecular weight is 288 g/mol. The number of carbonyl (C=O) groups excluding carboxylic acids is 2. The second-order valence-corrected chi connectivity index (χ2v) is 5.86. The number of hydrogen-bond acceptors (Lipinski definition) is 3. The van der Waals surface area contributed by atoms with Crippen LogP contribution in [-0.2, 0) is 19.7 Å². The minimum Gasteiger partial charge on any atom is -0.468 e. The highest BCUT2D eigenvalue weighted by molar-refractivity contribution is 6.04. The van der Waals surface area contributed by atoms with Gasteiger partial charge in [0.2, 0.25) is 0 Å².